The van der Waals surface area contributed by atoms with Gasteiger partial charge in [-0.1, -0.05) is 6.07 Å². The smallest absolute Gasteiger partial charge is 0.211 e. The Kier molecular flexibility index (Phi) is 2.81. The van der Waals surface area contributed by atoms with Crippen LogP contribution >= 0.6 is 0 Å². The largest absolute Gasteiger partial charge is 0.240 e. The van der Waals surface area contributed by atoms with Gasteiger partial charge in [-0.15, -0.1) is 0 Å². The van der Waals surface area contributed by atoms with Crippen molar-refractivity contribution in [2.45, 2.75) is 20.8 Å². The summed E-state index contributed by atoms with van der Waals surface area (Å²) in [5.41, 5.74) is 3.69. The molecule has 0 N–H and O–H groups in total. The second kappa shape index (κ2) is 3.87. The third kappa shape index (κ3) is 1.56. The lowest BCUT2D eigenvalue weighted by atomic mass is 9.98. The van der Waals surface area contributed by atoms with E-state index in [0.717, 1.165) is 16.7 Å². The summed E-state index contributed by atoms with van der Waals surface area (Å²) in [5.74, 6) is 0. The Labute approximate surface area is 82.7 Å². The summed E-state index contributed by atoms with van der Waals surface area (Å²) in [7, 11) is 0. The van der Waals surface area contributed by atoms with Crippen molar-refractivity contribution < 1.29 is 4.79 Å². The number of carbonyl (C=O) groups excluding carboxylic acids is 1. The standard InChI is InChI=1S/C11H10N2O/c1-7-4-8(2)11(13-6-14)9(3)10(7)5-12/h4H,1-3H3. The summed E-state index contributed by atoms with van der Waals surface area (Å²) < 4.78 is 0. The van der Waals surface area contributed by atoms with Gasteiger partial charge in [-0.3, -0.25) is 0 Å². The average Bonchev–Trinajstić information content (AvgIpc) is 2.12. The van der Waals surface area contributed by atoms with Crippen LogP contribution in [0.2, 0.25) is 0 Å². The van der Waals surface area contributed by atoms with Crippen molar-refractivity contribution in [3.05, 3.63) is 28.3 Å². The van der Waals surface area contributed by atoms with Crippen molar-refractivity contribution in [2.24, 2.45) is 4.99 Å². The maximum Gasteiger partial charge on any atom is 0.240 e. The molecular formula is C11H10N2O. The van der Waals surface area contributed by atoms with E-state index in [0.29, 0.717) is 11.3 Å². The van der Waals surface area contributed by atoms with Crippen LogP contribution in [0.3, 0.4) is 0 Å². The molecule has 0 saturated carbocycles. The quantitative estimate of drug-likeness (QED) is 0.499. The molecule has 0 fully saturated rings. The van der Waals surface area contributed by atoms with Gasteiger partial charge in [0.1, 0.15) is 0 Å². The Morgan fingerprint density at radius 3 is 2.43 bits per heavy atom. The number of aryl methyl sites for hydroxylation is 2. The number of nitriles is 1. The Bertz CT molecular complexity index is 463. The van der Waals surface area contributed by atoms with Crippen LogP contribution < -0.4 is 0 Å². The molecule has 0 bridgehead atoms. The number of rotatable bonds is 1. The molecule has 0 radical (unpaired) electrons. The molecular weight excluding hydrogens is 176 g/mol. The minimum atomic E-state index is 0.558. The average molecular weight is 186 g/mol. The van der Waals surface area contributed by atoms with Crippen LogP contribution in [-0.2, 0) is 4.79 Å². The zero-order valence-corrected chi connectivity index (χ0v) is 8.38. The van der Waals surface area contributed by atoms with Crippen LogP contribution in [0.25, 0.3) is 0 Å². The van der Waals surface area contributed by atoms with Gasteiger partial charge in [0, 0.05) is 0 Å². The molecule has 0 aliphatic heterocycles. The van der Waals surface area contributed by atoms with E-state index in [-0.39, 0.29) is 0 Å². The van der Waals surface area contributed by atoms with E-state index in [2.05, 4.69) is 11.1 Å². The summed E-state index contributed by atoms with van der Waals surface area (Å²) >= 11 is 0. The highest BCUT2D eigenvalue weighted by Gasteiger charge is 2.09. The Balaban J connectivity index is 3.61. The van der Waals surface area contributed by atoms with E-state index in [4.69, 9.17) is 5.26 Å². The van der Waals surface area contributed by atoms with Gasteiger partial charge in [0.05, 0.1) is 17.3 Å². The molecule has 3 heteroatoms. The predicted molar refractivity (Wildman–Crippen MR) is 53.1 cm³/mol. The van der Waals surface area contributed by atoms with Crippen molar-refractivity contribution in [3.63, 3.8) is 0 Å². The molecule has 3 nitrogen and oxygen atoms in total. The van der Waals surface area contributed by atoms with E-state index < -0.39 is 0 Å². The Hall–Kier alpha value is -1.91. The van der Waals surface area contributed by atoms with Crippen molar-refractivity contribution in [1.29, 1.82) is 5.26 Å². The second-order valence-electron chi connectivity index (χ2n) is 3.17. The molecule has 14 heavy (non-hydrogen) atoms. The highest BCUT2D eigenvalue weighted by Crippen LogP contribution is 2.28. The molecule has 0 spiro atoms. The van der Waals surface area contributed by atoms with Gasteiger partial charge in [-0.2, -0.15) is 10.3 Å². The highest BCUT2D eigenvalue weighted by molar-refractivity contribution is 5.64. The number of benzene rings is 1. The lowest BCUT2D eigenvalue weighted by molar-refractivity contribution is 0.565. The third-order valence-corrected chi connectivity index (χ3v) is 2.20. The zero-order chi connectivity index (χ0) is 10.7. The molecule has 0 saturated heterocycles. The maximum absolute atomic E-state index is 10.2. The summed E-state index contributed by atoms with van der Waals surface area (Å²) in [6.07, 6.45) is 1.50. The van der Waals surface area contributed by atoms with E-state index in [1.165, 1.54) is 6.08 Å². The summed E-state index contributed by atoms with van der Waals surface area (Å²) in [6.45, 7) is 5.51. The van der Waals surface area contributed by atoms with Crippen LogP contribution in [0.1, 0.15) is 22.3 Å². The summed E-state index contributed by atoms with van der Waals surface area (Å²) in [6, 6.07) is 3.95. The minimum absolute atomic E-state index is 0.558. The molecule has 1 rings (SSSR count). The molecule has 1 aromatic rings. The Morgan fingerprint density at radius 2 is 1.93 bits per heavy atom. The van der Waals surface area contributed by atoms with E-state index in [9.17, 15) is 4.79 Å². The molecule has 0 aliphatic carbocycles. The number of nitrogens with zero attached hydrogens (tertiary/aromatic N) is 2. The second-order valence-corrected chi connectivity index (χ2v) is 3.17. The number of hydrogen-bond acceptors (Lipinski definition) is 3. The van der Waals surface area contributed by atoms with Crippen molar-refractivity contribution >= 4 is 11.8 Å². The fourth-order valence-corrected chi connectivity index (χ4v) is 1.56. The molecule has 0 amide bonds. The molecule has 0 aromatic heterocycles. The van der Waals surface area contributed by atoms with E-state index in [1.807, 2.05) is 19.9 Å². The van der Waals surface area contributed by atoms with Crippen LogP contribution in [0.4, 0.5) is 5.69 Å². The normalized spacial score (nSPS) is 9.00. The van der Waals surface area contributed by atoms with E-state index in [1.54, 1.807) is 6.92 Å². The van der Waals surface area contributed by atoms with Gasteiger partial charge < -0.3 is 0 Å². The molecule has 70 valence electrons. The van der Waals surface area contributed by atoms with Crippen molar-refractivity contribution in [2.75, 3.05) is 0 Å². The number of isocyanates is 1. The van der Waals surface area contributed by atoms with Gasteiger partial charge >= 0.3 is 0 Å². The summed E-state index contributed by atoms with van der Waals surface area (Å²) in [4.78, 5) is 13.8. The van der Waals surface area contributed by atoms with Crippen molar-refractivity contribution in [3.8, 4) is 6.07 Å². The molecule has 0 heterocycles. The van der Waals surface area contributed by atoms with Crippen molar-refractivity contribution in [1.82, 2.24) is 0 Å². The monoisotopic (exact) mass is 186 g/mol. The van der Waals surface area contributed by atoms with Crippen LogP contribution in [0.5, 0.6) is 0 Å². The Morgan fingerprint density at radius 1 is 1.29 bits per heavy atom. The third-order valence-electron chi connectivity index (χ3n) is 2.20. The van der Waals surface area contributed by atoms with Crippen LogP contribution in [0.15, 0.2) is 11.1 Å². The predicted octanol–water partition coefficient (Wildman–Crippen LogP) is 2.45. The fraction of sp³-hybridized carbons (Fsp3) is 0.273. The minimum Gasteiger partial charge on any atom is -0.211 e. The van der Waals surface area contributed by atoms with Gasteiger partial charge in [-0.05, 0) is 37.5 Å². The topological polar surface area (TPSA) is 53.2 Å². The molecule has 0 aliphatic rings. The molecule has 1 aromatic carbocycles. The van der Waals surface area contributed by atoms with Gasteiger partial charge in [0.15, 0.2) is 0 Å². The first-order valence-corrected chi connectivity index (χ1v) is 4.20. The number of aliphatic imine (C=N–C) groups is 1. The SMILES string of the molecule is Cc1cc(C)c(N=C=O)c(C)c1C#N. The zero-order valence-electron chi connectivity index (χ0n) is 8.38. The first-order valence-electron chi connectivity index (χ1n) is 4.20. The maximum atomic E-state index is 10.2. The van der Waals surface area contributed by atoms with E-state index >= 15 is 0 Å². The first-order chi connectivity index (χ1) is 6.61. The lowest BCUT2D eigenvalue weighted by Crippen LogP contribution is -1.91. The lowest BCUT2D eigenvalue weighted by Gasteiger charge is -2.07. The summed E-state index contributed by atoms with van der Waals surface area (Å²) in [5, 5.41) is 8.89. The van der Waals surface area contributed by atoms with Gasteiger partial charge in [-0.25, -0.2) is 4.79 Å². The van der Waals surface area contributed by atoms with Crippen LogP contribution in [-0.4, -0.2) is 6.08 Å². The molecule has 0 atom stereocenters. The van der Waals surface area contributed by atoms with Crippen LogP contribution in [0, 0.1) is 32.1 Å². The van der Waals surface area contributed by atoms with Gasteiger partial charge in [0.2, 0.25) is 6.08 Å². The molecule has 0 unspecified atom stereocenters. The fourth-order valence-electron chi connectivity index (χ4n) is 1.56. The van der Waals surface area contributed by atoms with Gasteiger partial charge in [0.25, 0.3) is 0 Å². The first kappa shape index (κ1) is 10.2. The number of hydrogen-bond donors (Lipinski definition) is 0. The highest BCUT2D eigenvalue weighted by atomic mass is 16.1.